The summed E-state index contributed by atoms with van der Waals surface area (Å²) in [6, 6.07) is 12.7. The van der Waals surface area contributed by atoms with Crippen LogP contribution in [-0.2, 0) is 0 Å². The first-order chi connectivity index (χ1) is 12.7. The molecule has 2 aromatic rings. The molecule has 3 heterocycles. The number of carbonyl (C=O) groups is 1. The van der Waals surface area contributed by atoms with E-state index in [1.807, 2.05) is 23.1 Å². The van der Waals surface area contributed by atoms with Crippen LogP contribution in [0.2, 0.25) is 0 Å². The number of rotatable bonds is 4. The van der Waals surface area contributed by atoms with Crippen LogP contribution in [0.25, 0.3) is 0 Å². The zero-order chi connectivity index (χ0) is 17.9. The van der Waals surface area contributed by atoms with Gasteiger partial charge >= 0.3 is 0 Å². The predicted molar refractivity (Wildman–Crippen MR) is 112 cm³/mol. The zero-order valence-corrected chi connectivity index (χ0v) is 17.3. The molecule has 2 aliphatic rings. The molecule has 1 amide bonds. The maximum atomic E-state index is 12.8. The Morgan fingerprint density at radius 3 is 2.52 bits per heavy atom. The van der Waals surface area contributed by atoms with Gasteiger partial charge in [0.25, 0.3) is 5.91 Å². The fourth-order valence-electron chi connectivity index (χ4n) is 3.72. The van der Waals surface area contributed by atoms with Crippen molar-refractivity contribution < 1.29 is 9.53 Å². The van der Waals surface area contributed by atoms with Crippen LogP contribution >= 0.6 is 23.7 Å². The lowest BCUT2D eigenvalue weighted by atomic mass is 10.1. The number of piperidine rings is 1. The summed E-state index contributed by atoms with van der Waals surface area (Å²) in [6.45, 7) is 4.70. The van der Waals surface area contributed by atoms with Crippen molar-refractivity contribution in [2.24, 2.45) is 0 Å². The molecule has 1 aromatic heterocycles. The number of nitrogens with zero attached hydrogens (tertiary/aromatic N) is 1. The number of hydrogen-bond acceptors (Lipinski definition) is 4. The molecule has 0 spiro atoms. The molecule has 0 saturated carbocycles. The second-order valence-corrected chi connectivity index (χ2v) is 8.39. The van der Waals surface area contributed by atoms with Crippen LogP contribution < -0.4 is 10.1 Å². The average molecular weight is 407 g/mol. The highest BCUT2D eigenvalue weighted by molar-refractivity contribution is 7.14. The quantitative estimate of drug-likeness (QED) is 0.807. The van der Waals surface area contributed by atoms with Crippen molar-refractivity contribution in [1.82, 2.24) is 10.2 Å². The van der Waals surface area contributed by atoms with E-state index in [0.29, 0.717) is 6.04 Å². The summed E-state index contributed by atoms with van der Waals surface area (Å²) in [6.07, 6.45) is 4.38. The molecule has 0 radical (unpaired) electrons. The molecule has 2 aliphatic heterocycles. The number of likely N-dealkylation sites (tertiary alicyclic amines) is 1. The summed E-state index contributed by atoms with van der Waals surface area (Å²) in [7, 11) is 0. The highest BCUT2D eigenvalue weighted by Gasteiger charge is 2.26. The number of halogens is 1. The van der Waals surface area contributed by atoms with Gasteiger partial charge in [-0.15, -0.1) is 23.7 Å². The maximum absolute atomic E-state index is 12.8. The minimum atomic E-state index is 0. The van der Waals surface area contributed by atoms with Crippen molar-refractivity contribution in [3.05, 3.63) is 51.7 Å². The van der Waals surface area contributed by atoms with Crippen LogP contribution in [0.5, 0.6) is 5.75 Å². The van der Waals surface area contributed by atoms with E-state index in [9.17, 15) is 4.79 Å². The van der Waals surface area contributed by atoms with Crippen molar-refractivity contribution in [1.29, 1.82) is 0 Å². The second kappa shape index (κ2) is 9.09. The predicted octanol–water partition coefficient (Wildman–Crippen LogP) is 4.59. The largest absolute Gasteiger partial charge is 0.490 e. The van der Waals surface area contributed by atoms with Crippen molar-refractivity contribution in [2.45, 2.75) is 44.8 Å². The summed E-state index contributed by atoms with van der Waals surface area (Å²) in [5.74, 6) is 1.10. The van der Waals surface area contributed by atoms with Crippen LogP contribution in [-0.4, -0.2) is 36.5 Å². The van der Waals surface area contributed by atoms with Crippen molar-refractivity contribution >= 4 is 29.7 Å². The van der Waals surface area contributed by atoms with E-state index in [0.717, 1.165) is 43.1 Å². The standard InChI is InChI=1S/C21H26N2O2S.ClH/c1-15-4-6-16(7-5-15)25-17-10-13-23(14-11-17)21(24)20-9-8-19(26-20)18-3-2-12-22-18;/h4-9,17-18,22H,2-3,10-14H2,1H3;1H. The van der Waals surface area contributed by atoms with Gasteiger partial charge in [0.2, 0.25) is 0 Å². The third kappa shape index (κ3) is 4.84. The van der Waals surface area contributed by atoms with Gasteiger partial charge in [-0.2, -0.15) is 0 Å². The normalized spacial score (nSPS) is 20.3. The third-order valence-electron chi connectivity index (χ3n) is 5.29. The van der Waals surface area contributed by atoms with E-state index < -0.39 is 0 Å². The molecule has 1 aromatic carbocycles. The lowest BCUT2D eigenvalue weighted by Gasteiger charge is -2.32. The zero-order valence-electron chi connectivity index (χ0n) is 15.6. The van der Waals surface area contributed by atoms with Crippen LogP contribution in [0.15, 0.2) is 36.4 Å². The van der Waals surface area contributed by atoms with Gasteiger partial charge in [-0.25, -0.2) is 0 Å². The topological polar surface area (TPSA) is 41.6 Å². The number of ether oxygens (including phenoxy) is 1. The van der Waals surface area contributed by atoms with Gasteiger partial charge in [0.05, 0.1) is 4.88 Å². The fraction of sp³-hybridized carbons (Fsp3) is 0.476. The van der Waals surface area contributed by atoms with E-state index in [4.69, 9.17) is 4.74 Å². The molecule has 1 atom stereocenters. The Morgan fingerprint density at radius 1 is 1.11 bits per heavy atom. The number of nitrogens with one attached hydrogen (secondary N) is 1. The fourth-order valence-corrected chi connectivity index (χ4v) is 4.81. The highest BCUT2D eigenvalue weighted by atomic mass is 35.5. The van der Waals surface area contributed by atoms with Crippen LogP contribution in [0.3, 0.4) is 0 Å². The van der Waals surface area contributed by atoms with E-state index in [-0.39, 0.29) is 24.4 Å². The number of thiophene rings is 1. The Hall–Kier alpha value is -1.56. The van der Waals surface area contributed by atoms with Crippen LogP contribution in [0.4, 0.5) is 0 Å². The Kier molecular flexibility index (Phi) is 6.79. The summed E-state index contributed by atoms with van der Waals surface area (Å²) in [5, 5.41) is 3.51. The lowest BCUT2D eigenvalue weighted by molar-refractivity contribution is 0.0600. The molecular weight excluding hydrogens is 380 g/mol. The molecule has 27 heavy (non-hydrogen) atoms. The van der Waals surface area contributed by atoms with Gasteiger partial charge in [0.1, 0.15) is 11.9 Å². The minimum absolute atomic E-state index is 0. The molecular formula is C21H27ClN2O2S. The SMILES string of the molecule is Cc1ccc(OC2CCN(C(=O)c3ccc(C4CCCN4)s3)CC2)cc1.Cl. The molecule has 0 bridgehead atoms. The molecule has 1 unspecified atom stereocenters. The summed E-state index contributed by atoms with van der Waals surface area (Å²) in [4.78, 5) is 16.9. The Labute approximate surface area is 171 Å². The molecule has 2 saturated heterocycles. The van der Waals surface area contributed by atoms with Crippen molar-refractivity contribution in [3.63, 3.8) is 0 Å². The molecule has 2 fully saturated rings. The van der Waals surface area contributed by atoms with Gasteiger partial charge in [-0.1, -0.05) is 17.7 Å². The van der Waals surface area contributed by atoms with Crippen molar-refractivity contribution in [3.8, 4) is 5.75 Å². The van der Waals surface area contributed by atoms with Gasteiger partial charge in [0, 0.05) is 36.9 Å². The molecule has 6 heteroatoms. The first-order valence-corrected chi connectivity index (χ1v) is 10.4. The summed E-state index contributed by atoms with van der Waals surface area (Å²) < 4.78 is 6.07. The number of hydrogen-bond donors (Lipinski definition) is 1. The van der Waals surface area contributed by atoms with Gasteiger partial charge < -0.3 is 15.0 Å². The first-order valence-electron chi connectivity index (χ1n) is 9.55. The average Bonchev–Trinajstić information content (AvgIpc) is 3.35. The summed E-state index contributed by atoms with van der Waals surface area (Å²) >= 11 is 1.65. The molecule has 1 N–H and O–H groups in total. The Balaban J connectivity index is 0.00000210. The van der Waals surface area contributed by atoms with E-state index in [1.165, 1.54) is 23.3 Å². The minimum Gasteiger partial charge on any atom is -0.490 e. The molecule has 0 aliphatic carbocycles. The third-order valence-corrected chi connectivity index (χ3v) is 6.48. The number of benzene rings is 1. The molecule has 4 rings (SSSR count). The van der Waals surface area contributed by atoms with Crippen LogP contribution in [0.1, 0.15) is 51.8 Å². The second-order valence-electron chi connectivity index (χ2n) is 7.27. The highest BCUT2D eigenvalue weighted by Crippen LogP contribution is 2.30. The monoisotopic (exact) mass is 406 g/mol. The van der Waals surface area contributed by atoms with E-state index in [2.05, 4.69) is 30.4 Å². The Morgan fingerprint density at radius 2 is 1.85 bits per heavy atom. The van der Waals surface area contributed by atoms with Gasteiger partial charge in [-0.3, -0.25) is 4.79 Å². The number of aryl methyl sites for hydroxylation is 1. The Bertz CT molecular complexity index is 748. The van der Waals surface area contributed by atoms with Gasteiger partial charge in [-0.05, 0) is 50.6 Å². The first kappa shape index (κ1) is 20.2. The lowest BCUT2D eigenvalue weighted by Crippen LogP contribution is -2.41. The molecule has 146 valence electrons. The van der Waals surface area contributed by atoms with E-state index >= 15 is 0 Å². The smallest absolute Gasteiger partial charge is 0.263 e. The van der Waals surface area contributed by atoms with Gasteiger partial charge in [0.15, 0.2) is 0 Å². The summed E-state index contributed by atoms with van der Waals surface area (Å²) in [5.41, 5.74) is 1.24. The number of carbonyl (C=O) groups excluding carboxylic acids is 1. The van der Waals surface area contributed by atoms with E-state index in [1.54, 1.807) is 11.3 Å². The van der Waals surface area contributed by atoms with Crippen LogP contribution in [0, 0.1) is 6.92 Å². The van der Waals surface area contributed by atoms with Crippen molar-refractivity contribution in [2.75, 3.05) is 19.6 Å². The number of amides is 1. The maximum Gasteiger partial charge on any atom is 0.263 e. The molecule has 4 nitrogen and oxygen atoms in total.